The van der Waals surface area contributed by atoms with E-state index in [1.54, 1.807) is 11.0 Å². The third-order valence-corrected chi connectivity index (χ3v) is 3.96. The Morgan fingerprint density at radius 2 is 2.47 bits per heavy atom. The van der Waals surface area contributed by atoms with Crippen molar-refractivity contribution in [2.45, 2.75) is 25.0 Å². The van der Waals surface area contributed by atoms with Crippen molar-refractivity contribution in [3.8, 4) is 0 Å². The van der Waals surface area contributed by atoms with E-state index in [4.69, 9.17) is 4.74 Å². The van der Waals surface area contributed by atoms with Crippen LogP contribution in [0.1, 0.15) is 13.3 Å². The Kier molecular flexibility index (Phi) is 2.10. The molecule has 3 rings (SSSR count). The lowest BCUT2D eigenvalue weighted by atomic mass is 9.77. The molecule has 1 amide bonds. The molecule has 92 valence electrons. The van der Waals surface area contributed by atoms with E-state index in [2.05, 4.69) is 0 Å². The molecule has 1 N–H and O–H groups in total. The van der Waals surface area contributed by atoms with Gasteiger partial charge in [0.2, 0.25) is 5.91 Å². The van der Waals surface area contributed by atoms with Gasteiger partial charge in [-0.05, 0) is 6.42 Å². The van der Waals surface area contributed by atoms with Gasteiger partial charge in [-0.15, -0.1) is 0 Å². The SMILES string of the molecule is CCCN1C[C@@]23C=C[C@@H](O2)[C@H](C(=O)O)[C@H]3C1=O. The number of aliphatic carboxylic acids is 1. The zero-order valence-electron chi connectivity index (χ0n) is 9.63. The number of carbonyl (C=O) groups excluding carboxylic acids is 1. The fourth-order valence-corrected chi connectivity index (χ4v) is 3.32. The number of likely N-dealkylation sites (tertiary alicyclic amines) is 1. The lowest BCUT2D eigenvalue weighted by molar-refractivity contribution is -0.148. The first kappa shape index (κ1) is 10.8. The number of hydrogen-bond acceptors (Lipinski definition) is 3. The molecule has 0 unspecified atom stereocenters. The predicted octanol–water partition coefficient (Wildman–Crippen LogP) is 0.263. The summed E-state index contributed by atoms with van der Waals surface area (Å²) >= 11 is 0. The molecule has 4 atom stereocenters. The average molecular weight is 237 g/mol. The molecule has 5 heteroatoms. The van der Waals surface area contributed by atoms with Gasteiger partial charge in [-0.3, -0.25) is 9.59 Å². The van der Waals surface area contributed by atoms with E-state index in [-0.39, 0.29) is 5.91 Å². The Bertz CT molecular complexity index is 419. The fourth-order valence-electron chi connectivity index (χ4n) is 3.32. The Labute approximate surface area is 99.0 Å². The quantitative estimate of drug-likeness (QED) is 0.715. The van der Waals surface area contributed by atoms with Crippen LogP contribution in [0.2, 0.25) is 0 Å². The van der Waals surface area contributed by atoms with Crippen LogP contribution in [0.15, 0.2) is 12.2 Å². The van der Waals surface area contributed by atoms with E-state index in [1.165, 1.54) is 0 Å². The second-order valence-electron chi connectivity index (χ2n) is 5.00. The van der Waals surface area contributed by atoms with Gasteiger partial charge in [-0.1, -0.05) is 19.1 Å². The highest BCUT2D eigenvalue weighted by atomic mass is 16.5. The maximum absolute atomic E-state index is 12.2. The van der Waals surface area contributed by atoms with Crippen molar-refractivity contribution in [2.75, 3.05) is 13.1 Å². The first-order valence-corrected chi connectivity index (χ1v) is 5.98. The second kappa shape index (κ2) is 3.32. The van der Waals surface area contributed by atoms with Crippen molar-refractivity contribution in [1.29, 1.82) is 0 Å². The van der Waals surface area contributed by atoms with Crippen LogP contribution in [0, 0.1) is 11.8 Å². The number of ether oxygens (including phenoxy) is 1. The maximum atomic E-state index is 12.2. The number of amides is 1. The Morgan fingerprint density at radius 3 is 3.12 bits per heavy atom. The summed E-state index contributed by atoms with van der Waals surface area (Å²) in [7, 11) is 0. The van der Waals surface area contributed by atoms with Gasteiger partial charge in [0.25, 0.3) is 0 Å². The Morgan fingerprint density at radius 1 is 1.71 bits per heavy atom. The van der Waals surface area contributed by atoms with Crippen LogP contribution in [0.3, 0.4) is 0 Å². The molecule has 0 aromatic rings. The Balaban J connectivity index is 1.96. The molecule has 5 nitrogen and oxygen atoms in total. The van der Waals surface area contributed by atoms with Gasteiger partial charge < -0.3 is 14.7 Å². The molecule has 3 aliphatic rings. The number of carboxylic acid groups (broad SMARTS) is 1. The van der Waals surface area contributed by atoms with Crippen LogP contribution in [0.4, 0.5) is 0 Å². The molecule has 2 fully saturated rings. The molecule has 2 bridgehead atoms. The van der Waals surface area contributed by atoms with E-state index in [0.29, 0.717) is 13.1 Å². The minimum Gasteiger partial charge on any atom is -0.481 e. The van der Waals surface area contributed by atoms with E-state index >= 15 is 0 Å². The minimum atomic E-state index is -0.932. The van der Waals surface area contributed by atoms with Gasteiger partial charge in [-0.2, -0.15) is 0 Å². The summed E-state index contributed by atoms with van der Waals surface area (Å²) < 4.78 is 5.75. The van der Waals surface area contributed by atoms with Gasteiger partial charge >= 0.3 is 5.97 Å². The molecule has 0 saturated carbocycles. The molecule has 3 heterocycles. The van der Waals surface area contributed by atoms with Gasteiger partial charge in [0.05, 0.1) is 18.6 Å². The normalized spacial score (nSPS) is 42.3. The molecule has 1 spiro atoms. The molecule has 2 saturated heterocycles. The number of carboxylic acids is 1. The number of nitrogens with zero attached hydrogens (tertiary/aromatic N) is 1. The first-order chi connectivity index (χ1) is 8.09. The summed E-state index contributed by atoms with van der Waals surface area (Å²) in [4.78, 5) is 25.2. The lowest BCUT2D eigenvalue weighted by Crippen LogP contribution is -2.39. The van der Waals surface area contributed by atoms with Crippen LogP contribution < -0.4 is 0 Å². The molecule has 0 aromatic carbocycles. The monoisotopic (exact) mass is 237 g/mol. The highest BCUT2D eigenvalue weighted by Crippen LogP contribution is 2.51. The number of carbonyl (C=O) groups is 2. The van der Waals surface area contributed by atoms with Gasteiger partial charge in [0.15, 0.2) is 0 Å². The molecular weight excluding hydrogens is 222 g/mol. The summed E-state index contributed by atoms with van der Waals surface area (Å²) in [6, 6.07) is 0. The van der Waals surface area contributed by atoms with E-state index in [1.807, 2.05) is 13.0 Å². The predicted molar refractivity (Wildman–Crippen MR) is 58.2 cm³/mol. The molecular formula is C12H15NO4. The second-order valence-corrected chi connectivity index (χ2v) is 5.00. The number of fused-ring (bicyclic) bond motifs is 1. The number of hydrogen-bond donors (Lipinski definition) is 1. The van der Waals surface area contributed by atoms with E-state index in [0.717, 1.165) is 6.42 Å². The smallest absolute Gasteiger partial charge is 0.310 e. The van der Waals surface area contributed by atoms with Crippen molar-refractivity contribution in [3.63, 3.8) is 0 Å². The average Bonchev–Trinajstić information content (AvgIpc) is 2.88. The summed E-state index contributed by atoms with van der Waals surface area (Å²) in [5.41, 5.74) is -0.667. The summed E-state index contributed by atoms with van der Waals surface area (Å²) in [6.07, 6.45) is 4.12. The van der Waals surface area contributed by atoms with E-state index in [9.17, 15) is 14.7 Å². The fraction of sp³-hybridized carbons (Fsp3) is 0.667. The molecule has 0 aromatic heterocycles. The van der Waals surface area contributed by atoms with Gasteiger partial charge in [0, 0.05) is 6.54 Å². The van der Waals surface area contributed by atoms with Crippen molar-refractivity contribution >= 4 is 11.9 Å². The molecule has 0 radical (unpaired) electrons. The van der Waals surface area contributed by atoms with Gasteiger partial charge in [0.1, 0.15) is 11.5 Å². The zero-order valence-corrected chi connectivity index (χ0v) is 9.63. The summed E-state index contributed by atoms with van der Waals surface area (Å²) in [5.74, 6) is -2.24. The van der Waals surface area contributed by atoms with Crippen molar-refractivity contribution < 1.29 is 19.4 Å². The molecule has 0 aliphatic carbocycles. The molecule has 17 heavy (non-hydrogen) atoms. The van der Waals surface area contributed by atoms with Crippen molar-refractivity contribution in [3.05, 3.63) is 12.2 Å². The van der Waals surface area contributed by atoms with Crippen LogP contribution >= 0.6 is 0 Å². The first-order valence-electron chi connectivity index (χ1n) is 5.98. The minimum absolute atomic E-state index is 0.0638. The van der Waals surface area contributed by atoms with Crippen LogP contribution in [-0.4, -0.2) is 46.7 Å². The van der Waals surface area contributed by atoms with Crippen molar-refractivity contribution in [1.82, 2.24) is 4.90 Å². The lowest BCUT2D eigenvalue weighted by Gasteiger charge is -2.21. The highest BCUT2D eigenvalue weighted by Gasteiger charge is 2.66. The van der Waals surface area contributed by atoms with E-state index < -0.39 is 29.5 Å². The largest absolute Gasteiger partial charge is 0.481 e. The standard InChI is InChI=1S/C12H15NO4/c1-2-5-13-6-12-4-3-7(17-12)8(11(15)16)9(12)10(13)14/h3-4,7-9H,2,5-6H2,1H3,(H,15,16)/t7-,8+,9+,12-/m1/s1. The van der Waals surface area contributed by atoms with Crippen LogP contribution in [0.25, 0.3) is 0 Å². The number of rotatable bonds is 3. The highest BCUT2D eigenvalue weighted by molar-refractivity contribution is 5.90. The molecule has 3 aliphatic heterocycles. The zero-order chi connectivity index (χ0) is 12.2. The van der Waals surface area contributed by atoms with Gasteiger partial charge in [-0.25, -0.2) is 0 Å². The summed E-state index contributed by atoms with van der Waals surface area (Å²) in [5, 5.41) is 9.23. The topological polar surface area (TPSA) is 66.8 Å². The van der Waals surface area contributed by atoms with Crippen LogP contribution in [0.5, 0.6) is 0 Å². The summed E-state index contributed by atoms with van der Waals surface area (Å²) in [6.45, 7) is 3.17. The van der Waals surface area contributed by atoms with Crippen molar-refractivity contribution in [2.24, 2.45) is 11.8 Å². The third kappa shape index (κ3) is 1.23. The Hall–Kier alpha value is -1.36. The third-order valence-electron chi connectivity index (χ3n) is 3.96. The van der Waals surface area contributed by atoms with Crippen LogP contribution in [-0.2, 0) is 14.3 Å². The maximum Gasteiger partial charge on any atom is 0.310 e.